The van der Waals surface area contributed by atoms with Crippen LogP contribution in [0.25, 0.3) is 0 Å². The maximum Gasteiger partial charge on any atom is 0.416 e. The Bertz CT molecular complexity index is 539. The van der Waals surface area contributed by atoms with Crippen LogP contribution in [0, 0.1) is 0 Å². The van der Waals surface area contributed by atoms with Crippen molar-refractivity contribution in [2.75, 3.05) is 19.8 Å². The zero-order chi connectivity index (χ0) is 21.9. The standard InChI is InChI=1S/C12H16F3N.C6H14O6.ClH/c1-3-16-9(2)7-10-5-4-6-11(8-10)12(13,14)15;7-1-3(9)5(11)6(12)4(10)2-8;/h4-6,8-9,16H,3,7H2,1-2H3;3-12H,1-2H2;1H/t;3-,4-,5-,6-;/m.1./s1. The van der Waals surface area contributed by atoms with Gasteiger partial charge in [0, 0.05) is 6.04 Å². The van der Waals surface area contributed by atoms with Crippen LogP contribution in [0.15, 0.2) is 24.3 Å². The van der Waals surface area contributed by atoms with Gasteiger partial charge in [-0.15, -0.1) is 12.4 Å². The number of aliphatic hydroxyl groups is 6. The Morgan fingerprint density at radius 2 is 1.45 bits per heavy atom. The van der Waals surface area contributed by atoms with E-state index in [1.54, 1.807) is 6.07 Å². The molecule has 29 heavy (non-hydrogen) atoms. The number of alkyl halides is 3. The number of aliphatic hydroxyl groups excluding tert-OH is 6. The summed E-state index contributed by atoms with van der Waals surface area (Å²) in [5.41, 5.74) is 0.136. The van der Waals surface area contributed by atoms with Gasteiger partial charge in [-0.25, -0.2) is 0 Å². The zero-order valence-electron chi connectivity index (χ0n) is 16.3. The summed E-state index contributed by atoms with van der Waals surface area (Å²) in [6.45, 7) is 3.30. The molecular formula is C18H31ClF3NO6. The lowest BCUT2D eigenvalue weighted by molar-refractivity contribution is -0.137. The first-order valence-corrected chi connectivity index (χ1v) is 8.81. The summed E-state index contributed by atoms with van der Waals surface area (Å²) in [7, 11) is 0. The summed E-state index contributed by atoms with van der Waals surface area (Å²) < 4.78 is 37.3. The number of likely N-dealkylation sites (N-methyl/N-ethyl adjacent to an activating group) is 1. The molecule has 11 heteroatoms. The molecule has 1 aromatic carbocycles. The Morgan fingerprint density at radius 1 is 0.966 bits per heavy atom. The van der Waals surface area contributed by atoms with Crippen molar-refractivity contribution in [3.8, 4) is 0 Å². The van der Waals surface area contributed by atoms with Gasteiger partial charge >= 0.3 is 6.18 Å². The van der Waals surface area contributed by atoms with Gasteiger partial charge in [0.2, 0.25) is 0 Å². The average molecular weight is 450 g/mol. The van der Waals surface area contributed by atoms with E-state index in [0.29, 0.717) is 12.0 Å². The van der Waals surface area contributed by atoms with Gasteiger partial charge in [-0.05, 0) is 31.5 Å². The van der Waals surface area contributed by atoms with Crippen LogP contribution >= 0.6 is 12.4 Å². The van der Waals surface area contributed by atoms with Gasteiger partial charge in [0.1, 0.15) is 24.4 Å². The Labute approximate surface area is 174 Å². The molecule has 0 aliphatic carbocycles. The molecule has 0 radical (unpaired) electrons. The van der Waals surface area contributed by atoms with Crippen LogP contribution in [0.1, 0.15) is 25.0 Å². The van der Waals surface area contributed by atoms with Crippen LogP contribution in [0.5, 0.6) is 0 Å². The van der Waals surface area contributed by atoms with E-state index in [-0.39, 0.29) is 18.4 Å². The van der Waals surface area contributed by atoms with Crippen LogP contribution in [0.4, 0.5) is 13.2 Å². The number of rotatable bonds is 9. The van der Waals surface area contributed by atoms with Crippen LogP contribution in [-0.4, -0.2) is 80.9 Å². The van der Waals surface area contributed by atoms with Crippen molar-refractivity contribution in [3.05, 3.63) is 35.4 Å². The number of halogens is 4. The first-order valence-electron chi connectivity index (χ1n) is 8.81. The molecule has 0 aliphatic heterocycles. The van der Waals surface area contributed by atoms with Gasteiger partial charge in [-0.3, -0.25) is 0 Å². The van der Waals surface area contributed by atoms with E-state index in [4.69, 9.17) is 30.6 Å². The monoisotopic (exact) mass is 449 g/mol. The minimum absolute atomic E-state index is 0. The van der Waals surface area contributed by atoms with Gasteiger partial charge in [0.25, 0.3) is 0 Å². The van der Waals surface area contributed by atoms with Crippen molar-refractivity contribution in [1.29, 1.82) is 0 Å². The molecule has 0 spiro atoms. The van der Waals surface area contributed by atoms with Crippen LogP contribution in [-0.2, 0) is 12.6 Å². The van der Waals surface area contributed by atoms with Crippen LogP contribution < -0.4 is 5.32 Å². The number of hydrogen-bond donors (Lipinski definition) is 7. The molecule has 0 aliphatic rings. The van der Waals surface area contributed by atoms with E-state index in [1.807, 2.05) is 13.8 Å². The first-order chi connectivity index (χ1) is 13.0. The Kier molecular flexibility index (Phi) is 15.5. The van der Waals surface area contributed by atoms with Crippen LogP contribution in [0.3, 0.4) is 0 Å². The van der Waals surface area contributed by atoms with Crippen molar-refractivity contribution in [2.24, 2.45) is 0 Å². The fourth-order valence-corrected chi connectivity index (χ4v) is 2.32. The normalized spacial score (nSPS) is 16.5. The van der Waals surface area contributed by atoms with Crippen molar-refractivity contribution in [1.82, 2.24) is 5.32 Å². The van der Waals surface area contributed by atoms with Gasteiger partial charge < -0.3 is 36.0 Å². The van der Waals surface area contributed by atoms with E-state index in [9.17, 15) is 13.2 Å². The Hall–Kier alpha value is -0.980. The topological polar surface area (TPSA) is 133 Å². The zero-order valence-corrected chi connectivity index (χ0v) is 17.1. The van der Waals surface area contributed by atoms with Crippen molar-refractivity contribution < 1.29 is 43.8 Å². The molecule has 0 fully saturated rings. The minimum Gasteiger partial charge on any atom is -0.394 e. The van der Waals surface area contributed by atoms with Gasteiger partial charge in [0.15, 0.2) is 0 Å². The highest BCUT2D eigenvalue weighted by molar-refractivity contribution is 5.85. The van der Waals surface area contributed by atoms with Gasteiger partial charge in [-0.2, -0.15) is 13.2 Å². The molecule has 7 nitrogen and oxygen atoms in total. The molecule has 5 atom stereocenters. The highest BCUT2D eigenvalue weighted by Gasteiger charge is 2.30. The second kappa shape index (κ2) is 14.9. The first kappa shape index (κ1) is 30.2. The van der Waals surface area contributed by atoms with Crippen molar-refractivity contribution in [2.45, 2.75) is 56.9 Å². The van der Waals surface area contributed by atoms with Crippen molar-refractivity contribution in [3.63, 3.8) is 0 Å². The van der Waals surface area contributed by atoms with E-state index in [1.165, 1.54) is 12.1 Å². The highest BCUT2D eigenvalue weighted by atomic mass is 35.5. The Balaban J connectivity index is 0. The molecule has 172 valence electrons. The molecule has 0 saturated heterocycles. The van der Waals surface area contributed by atoms with Gasteiger partial charge in [0.05, 0.1) is 18.8 Å². The molecule has 0 bridgehead atoms. The predicted molar refractivity (Wildman–Crippen MR) is 104 cm³/mol. The summed E-state index contributed by atoms with van der Waals surface area (Å²) in [6.07, 6.45) is -10.0. The lowest BCUT2D eigenvalue weighted by atomic mass is 10.0. The third-order valence-electron chi connectivity index (χ3n) is 3.86. The molecule has 1 aromatic rings. The lowest BCUT2D eigenvalue weighted by Gasteiger charge is -2.24. The second-order valence-electron chi connectivity index (χ2n) is 6.34. The third-order valence-corrected chi connectivity index (χ3v) is 3.86. The SMILES string of the molecule is CCNC(C)Cc1cccc(C(F)(F)F)c1.Cl.OC[C@@H](O)[C@@H](O)[C@H](O)[C@H](O)CO. The third kappa shape index (κ3) is 11.7. The fraction of sp³-hybridized carbons (Fsp3) is 0.667. The summed E-state index contributed by atoms with van der Waals surface area (Å²) in [5.74, 6) is 0. The summed E-state index contributed by atoms with van der Waals surface area (Å²) >= 11 is 0. The fourth-order valence-electron chi connectivity index (χ4n) is 2.32. The van der Waals surface area contributed by atoms with Gasteiger partial charge in [-0.1, -0.05) is 25.1 Å². The van der Waals surface area contributed by atoms with E-state index >= 15 is 0 Å². The number of nitrogens with one attached hydrogen (secondary N) is 1. The average Bonchev–Trinajstić information content (AvgIpc) is 2.65. The summed E-state index contributed by atoms with van der Waals surface area (Å²) in [4.78, 5) is 0. The molecule has 7 N–H and O–H groups in total. The quantitative estimate of drug-likeness (QED) is 0.284. The smallest absolute Gasteiger partial charge is 0.394 e. The maximum atomic E-state index is 12.4. The van der Waals surface area contributed by atoms with Crippen molar-refractivity contribution >= 4 is 12.4 Å². The maximum absolute atomic E-state index is 12.4. The molecule has 1 rings (SSSR count). The highest BCUT2D eigenvalue weighted by Crippen LogP contribution is 2.29. The van der Waals surface area contributed by atoms with E-state index in [0.717, 1.165) is 12.6 Å². The largest absolute Gasteiger partial charge is 0.416 e. The molecule has 0 amide bonds. The lowest BCUT2D eigenvalue weighted by Crippen LogP contribution is -2.46. The Morgan fingerprint density at radius 3 is 1.83 bits per heavy atom. The predicted octanol–water partition coefficient (Wildman–Crippen LogP) is 0.0823. The molecule has 0 saturated carbocycles. The molecular weight excluding hydrogens is 419 g/mol. The minimum atomic E-state index is -4.25. The summed E-state index contributed by atoms with van der Waals surface area (Å²) in [6, 6.07) is 5.68. The second-order valence-corrected chi connectivity index (χ2v) is 6.34. The number of hydrogen-bond acceptors (Lipinski definition) is 7. The summed E-state index contributed by atoms with van der Waals surface area (Å²) in [5, 5.41) is 55.3. The van der Waals surface area contributed by atoms with Crippen LogP contribution in [0.2, 0.25) is 0 Å². The molecule has 0 heterocycles. The van der Waals surface area contributed by atoms with E-state index in [2.05, 4.69) is 5.32 Å². The molecule has 1 unspecified atom stereocenters. The molecule has 0 aromatic heterocycles. The van der Waals surface area contributed by atoms with E-state index < -0.39 is 49.4 Å². The number of benzene rings is 1.